The summed E-state index contributed by atoms with van der Waals surface area (Å²) in [5.41, 5.74) is 13.1. The normalized spacial score (nSPS) is 13.2. The molecule has 0 heterocycles. The van der Waals surface area contributed by atoms with Crippen LogP contribution in [-0.4, -0.2) is 48.8 Å². The third-order valence-electron chi connectivity index (χ3n) is 3.72. The molecule has 11 heteroatoms. The second-order valence-corrected chi connectivity index (χ2v) is 16.1. The molecule has 0 spiro atoms. The smallest absolute Gasteiger partial charge is 0.286 e. The predicted molar refractivity (Wildman–Crippen MR) is 113 cm³/mol. The Kier molecular flexibility index (Phi) is 7.59. The molecular formula is C13H24N2O4Si5. The Hall–Kier alpha value is -1.04. The van der Waals surface area contributed by atoms with Crippen LogP contribution in [0.15, 0.2) is 48.5 Å². The van der Waals surface area contributed by atoms with Crippen LogP contribution < -0.4 is 21.8 Å². The molecular weight excluding hydrogens is 389 g/mol. The van der Waals surface area contributed by atoms with Crippen molar-refractivity contribution in [3.05, 3.63) is 48.5 Å². The summed E-state index contributed by atoms with van der Waals surface area (Å²) >= 11 is 0. The average Bonchev–Trinajstić information content (AvgIpc) is 2.59. The van der Waals surface area contributed by atoms with E-state index >= 15 is 0 Å². The van der Waals surface area contributed by atoms with E-state index in [0.717, 1.165) is 32.2 Å². The molecule has 0 bridgehead atoms. The molecule has 0 aliphatic heterocycles. The number of hydrogen-bond acceptors (Lipinski definition) is 6. The number of nitrogens with two attached hydrogens (primary N) is 2. The van der Waals surface area contributed by atoms with Crippen molar-refractivity contribution in [2.45, 2.75) is 6.55 Å². The quantitative estimate of drug-likeness (QED) is 0.257. The van der Waals surface area contributed by atoms with Gasteiger partial charge in [0.25, 0.3) is 30.0 Å². The van der Waals surface area contributed by atoms with Gasteiger partial charge in [0.05, 0.1) is 0 Å². The molecule has 0 amide bonds. The van der Waals surface area contributed by atoms with Gasteiger partial charge in [-0.25, -0.2) is 0 Å². The minimum atomic E-state index is -2.34. The van der Waals surface area contributed by atoms with Crippen LogP contribution in [0.2, 0.25) is 6.55 Å². The lowest BCUT2D eigenvalue weighted by Gasteiger charge is -2.29. The molecule has 0 radical (unpaired) electrons. The highest BCUT2D eigenvalue weighted by atomic mass is 28.4. The molecule has 2 rings (SSSR count). The van der Waals surface area contributed by atoms with E-state index in [0.29, 0.717) is 0 Å². The first-order valence-corrected chi connectivity index (χ1v) is 14.3. The highest BCUT2D eigenvalue weighted by Crippen LogP contribution is 2.10. The van der Waals surface area contributed by atoms with E-state index in [9.17, 15) is 0 Å². The lowest BCUT2D eigenvalue weighted by atomic mass is 10.3. The van der Waals surface area contributed by atoms with Crippen LogP contribution in [0.1, 0.15) is 0 Å². The summed E-state index contributed by atoms with van der Waals surface area (Å²) in [6, 6.07) is 15.8. The summed E-state index contributed by atoms with van der Waals surface area (Å²) in [6.45, 7) is 2.18. The van der Waals surface area contributed by atoms with E-state index in [-0.39, 0.29) is 0 Å². The summed E-state index contributed by atoms with van der Waals surface area (Å²) in [7, 11) is -4.48. The molecule has 0 fully saturated rings. The van der Waals surface area contributed by atoms with Crippen molar-refractivity contribution >= 4 is 70.6 Å². The third kappa shape index (κ3) is 5.23. The molecule has 0 unspecified atom stereocenters. The lowest BCUT2D eigenvalue weighted by molar-refractivity contribution is 0.403. The monoisotopic (exact) mass is 412 g/mol. The highest BCUT2D eigenvalue weighted by Gasteiger charge is 2.33. The molecule has 6 nitrogen and oxygen atoms in total. The zero-order valence-corrected chi connectivity index (χ0v) is 21.3. The zero-order valence-electron chi connectivity index (χ0n) is 14.0. The van der Waals surface area contributed by atoms with Crippen molar-refractivity contribution < 1.29 is 16.5 Å². The van der Waals surface area contributed by atoms with Crippen LogP contribution in [-0.2, 0) is 16.5 Å². The number of nitrogen functional groups attached to an aromatic ring is 2. The minimum Gasteiger partial charge on any atom is -0.449 e. The number of hydrogen-bond donors (Lipinski definition) is 2. The molecule has 24 heavy (non-hydrogen) atoms. The van der Waals surface area contributed by atoms with Crippen molar-refractivity contribution in [3.8, 4) is 0 Å². The van der Waals surface area contributed by atoms with E-state index in [1.807, 2.05) is 48.5 Å². The third-order valence-corrected chi connectivity index (χ3v) is 13.0. The SMILES string of the molecule is C[Si](O[SiH2]O[SiH2]O[SiH2]O[SiH3])(c1ccc(N)cc1)c1ccc(N)cc1. The van der Waals surface area contributed by atoms with Gasteiger partial charge in [0, 0.05) is 11.4 Å². The molecule has 0 aliphatic carbocycles. The largest absolute Gasteiger partial charge is 0.449 e. The first kappa shape index (κ1) is 19.3. The first-order valence-electron chi connectivity index (χ1n) is 7.56. The maximum atomic E-state index is 6.37. The standard InChI is InChI=1S/C13H24N2O4Si5/c1-24(12-6-2-10(14)3-7-12,13-8-4-11(15)5-9-13)19-23-18-22-17-21-16-20/h2-9H,14-15,21-23H2,1,20H3. The van der Waals surface area contributed by atoms with Crippen LogP contribution in [0.4, 0.5) is 11.4 Å². The van der Waals surface area contributed by atoms with Gasteiger partial charge in [-0.1, -0.05) is 24.3 Å². The summed E-state index contributed by atoms with van der Waals surface area (Å²) in [5, 5.41) is 2.33. The molecule has 4 N–H and O–H groups in total. The van der Waals surface area contributed by atoms with Gasteiger partial charge in [-0.3, -0.25) is 0 Å². The molecule has 2 aromatic carbocycles. The maximum Gasteiger partial charge on any atom is 0.286 e. The van der Waals surface area contributed by atoms with Gasteiger partial charge in [-0.15, -0.1) is 0 Å². The Morgan fingerprint density at radius 2 is 1.25 bits per heavy atom. The summed E-state index contributed by atoms with van der Waals surface area (Å²) in [4.78, 5) is 0. The fourth-order valence-corrected chi connectivity index (χ4v) is 11.8. The second kappa shape index (κ2) is 9.45. The zero-order chi connectivity index (χ0) is 17.4. The topological polar surface area (TPSA) is 89.0 Å². The summed E-state index contributed by atoms with van der Waals surface area (Å²) in [5.74, 6) is 0. The Morgan fingerprint density at radius 3 is 1.71 bits per heavy atom. The Bertz CT molecular complexity index is 584. The van der Waals surface area contributed by atoms with Crippen LogP contribution in [0.5, 0.6) is 0 Å². The fraction of sp³-hybridized carbons (Fsp3) is 0.0769. The van der Waals surface area contributed by atoms with Crippen molar-refractivity contribution in [1.29, 1.82) is 0 Å². The second-order valence-electron chi connectivity index (χ2n) is 5.47. The Morgan fingerprint density at radius 1 is 0.792 bits per heavy atom. The molecule has 0 saturated carbocycles. The van der Waals surface area contributed by atoms with Gasteiger partial charge in [0.2, 0.25) is 8.32 Å². The Labute approximate surface area is 153 Å². The maximum absolute atomic E-state index is 6.37. The van der Waals surface area contributed by atoms with Crippen molar-refractivity contribution in [2.75, 3.05) is 11.5 Å². The molecule has 0 atom stereocenters. The van der Waals surface area contributed by atoms with Gasteiger partial charge >= 0.3 is 0 Å². The van der Waals surface area contributed by atoms with Gasteiger partial charge in [-0.05, 0) is 41.2 Å². The summed E-state index contributed by atoms with van der Waals surface area (Å²) < 4.78 is 22.7. The Balaban J connectivity index is 2.15. The van der Waals surface area contributed by atoms with Crippen molar-refractivity contribution in [1.82, 2.24) is 0 Å². The van der Waals surface area contributed by atoms with Gasteiger partial charge in [0.15, 0.2) is 0 Å². The molecule has 0 saturated heterocycles. The number of anilines is 2. The van der Waals surface area contributed by atoms with Crippen LogP contribution in [0.25, 0.3) is 0 Å². The first-order chi connectivity index (χ1) is 11.6. The fourth-order valence-electron chi connectivity index (χ4n) is 2.31. The van der Waals surface area contributed by atoms with E-state index < -0.39 is 38.3 Å². The van der Waals surface area contributed by atoms with Gasteiger partial charge in [0.1, 0.15) is 10.5 Å². The van der Waals surface area contributed by atoms with Crippen LogP contribution in [0.3, 0.4) is 0 Å². The van der Waals surface area contributed by atoms with E-state index in [4.69, 9.17) is 27.9 Å². The number of benzene rings is 2. The molecule has 2 aromatic rings. The minimum absolute atomic E-state index is 0.735. The van der Waals surface area contributed by atoms with Crippen LogP contribution in [0, 0.1) is 0 Å². The molecule has 130 valence electrons. The number of rotatable bonds is 9. The average molecular weight is 413 g/mol. The predicted octanol–water partition coefficient (Wildman–Crippen LogP) is -3.12. The van der Waals surface area contributed by atoms with E-state index in [1.54, 1.807) is 0 Å². The highest BCUT2D eigenvalue weighted by molar-refractivity contribution is 6.98. The lowest BCUT2D eigenvalue weighted by Crippen LogP contribution is -2.59. The van der Waals surface area contributed by atoms with Crippen LogP contribution >= 0.6 is 0 Å². The molecule has 0 aliphatic rings. The van der Waals surface area contributed by atoms with Crippen molar-refractivity contribution in [2.24, 2.45) is 0 Å². The summed E-state index contributed by atoms with van der Waals surface area (Å²) in [6.07, 6.45) is 0. The van der Waals surface area contributed by atoms with E-state index in [1.165, 1.54) is 0 Å². The molecule has 0 aromatic heterocycles. The van der Waals surface area contributed by atoms with Crippen molar-refractivity contribution in [3.63, 3.8) is 0 Å². The van der Waals surface area contributed by atoms with Gasteiger partial charge < -0.3 is 27.9 Å². The van der Waals surface area contributed by atoms with E-state index in [2.05, 4.69) is 6.55 Å². The van der Waals surface area contributed by atoms with Gasteiger partial charge in [-0.2, -0.15) is 0 Å².